The molecule has 11 nitrogen and oxygen atoms in total. The summed E-state index contributed by atoms with van der Waals surface area (Å²) in [4.78, 5) is 41.5. The van der Waals surface area contributed by atoms with Crippen molar-refractivity contribution in [2.75, 3.05) is 40.1 Å². The summed E-state index contributed by atoms with van der Waals surface area (Å²) in [5, 5.41) is 51.2. The topological polar surface area (TPSA) is 185 Å². The number of carbonyl (C=O) groups is 3. The van der Waals surface area contributed by atoms with Crippen LogP contribution in [0.1, 0.15) is 54.1 Å². The molecule has 0 heterocycles. The van der Waals surface area contributed by atoms with Crippen molar-refractivity contribution >= 4 is 23.2 Å². The minimum Gasteiger partial charge on any atom is -0.510 e. The Morgan fingerprint density at radius 3 is 2.46 bits per heavy atom. The van der Waals surface area contributed by atoms with Gasteiger partial charge in [0, 0.05) is 30.8 Å². The first-order valence-corrected chi connectivity index (χ1v) is 13.7. The fourth-order valence-electron chi connectivity index (χ4n) is 6.77. The molecule has 5 atom stereocenters. The van der Waals surface area contributed by atoms with E-state index in [1.165, 1.54) is 12.6 Å². The van der Waals surface area contributed by atoms with E-state index in [2.05, 4.69) is 21.6 Å². The number of hydrogen-bond acceptors (Lipinski definition) is 10. The third-order valence-electron chi connectivity index (χ3n) is 8.73. The number of anilines is 1. The highest BCUT2D eigenvalue weighted by Gasteiger charge is 2.62. The maximum Gasteiger partial charge on any atom is 0.255 e. The molecular formula is C30H40N4O7. The third kappa shape index (κ3) is 4.71. The van der Waals surface area contributed by atoms with E-state index in [1.807, 2.05) is 34.0 Å². The Morgan fingerprint density at radius 1 is 1.24 bits per heavy atom. The van der Waals surface area contributed by atoms with E-state index in [1.54, 1.807) is 7.05 Å². The fourth-order valence-corrected chi connectivity index (χ4v) is 6.77. The number of rotatable bonds is 8. The average molecular weight is 569 g/mol. The van der Waals surface area contributed by atoms with Crippen LogP contribution in [0.5, 0.6) is 5.75 Å². The number of phenolic OH excluding ortho intramolecular Hbond substituents is 1. The first-order valence-electron chi connectivity index (χ1n) is 13.7. The van der Waals surface area contributed by atoms with Crippen LogP contribution in [0.4, 0.5) is 5.69 Å². The largest absolute Gasteiger partial charge is 0.510 e. The molecule has 1 aromatic rings. The molecule has 2 unspecified atom stereocenters. The second kappa shape index (κ2) is 11.0. The fraction of sp³-hybridized carbons (Fsp3) is 0.500. The lowest BCUT2D eigenvalue weighted by molar-refractivity contribution is -0.146. The lowest BCUT2D eigenvalue weighted by Crippen LogP contribution is -2.63. The maximum absolute atomic E-state index is 14.1. The van der Waals surface area contributed by atoms with Gasteiger partial charge in [0.15, 0.2) is 11.4 Å². The zero-order valence-electron chi connectivity index (χ0n) is 24.3. The highest BCUT2D eigenvalue weighted by atomic mass is 16.3. The van der Waals surface area contributed by atoms with E-state index >= 15 is 0 Å². The number of ketones is 2. The molecule has 1 aromatic carbocycles. The number of aromatic hydroxyl groups is 1. The molecule has 0 aromatic heterocycles. The molecule has 11 heteroatoms. The van der Waals surface area contributed by atoms with Crippen LogP contribution < -0.4 is 16.4 Å². The van der Waals surface area contributed by atoms with Gasteiger partial charge in [0.1, 0.15) is 22.8 Å². The number of fused-ring (bicyclic) bond motifs is 3. The monoisotopic (exact) mass is 568 g/mol. The van der Waals surface area contributed by atoms with Crippen molar-refractivity contribution in [2.24, 2.45) is 17.6 Å². The quantitative estimate of drug-likeness (QED) is 0.139. The summed E-state index contributed by atoms with van der Waals surface area (Å²) in [6.07, 6.45) is 2.97. The second-order valence-corrected chi connectivity index (χ2v) is 11.7. The van der Waals surface area contributed by atoms with E-state index in [-0.39, 0.29) is 35.6 Å². The number of carbonyl (C=O) groups excluding carboxylic acids is 3. The van der Waals surface area contributed by atoms with E-state index in [4.69, 9.17) is 5.73 Å². The van der Waals surface area contributed by atoms with Gasteiger partial charge in [0.05, 0.1) is 11.6 Å². The SMILES string of the molecule is CNc1cc(C(C)C/C=C(\C)CN(C)C)c(O)c2c1C[C@H]1C[C@H]3C(NC)C(O)=C(C(N)=O)C(=O)[C@@]3(O)C(O)=C1C2=O. The summed E-state index contributed by atoms with van der Waals surface area (Å²) in [5.74, 6) is -6.78. The van der Waals surface area contributed by atoms with Crippen LogP contribution in [0.3, 0.4) is 0 Å². The standard InChI is InChI=1S/C30H40N4O7/c1-13(12-34(5)6)7-8-14(2)16-11-19(32-3)17-9-15-10-18-23(33-4)26(37)22(29(31)40)28(39)30(18,41)27(38)20(15)25(36)21(17)24(16)35/h7,11,14-15,18,23,32-33,35,37-38,41H,8-10,12H2,1-6H3,(H2,31,40)/b13-7+/t14?,15-,18-,23?,30-/m0/s1. The number of primary amides is 1. The predicted octanol–water partition coefficient (Wildman–Crippen LogP) is 1.82. The second-order valence-electron chi connectivity index (χ2n) is 11.7. The van der Waals surface area contributed by atoms with Crippen LogP contribution in [-0.2, 0) is 16.0 Å². The molecule has 0 radical (unpaired) electrons. The maximum atomic E-state index is 14.1. The Morgan fingerprint density at radius 2 is 1.90 bits per heavy atom. The number of benzene rings is 1. The lowest BCUT2D eigenvalue weighted by atomic mass is 9.58. The summed E-state index contributed by atoms with van der Waals surface area (Å²) in [6.45, 7) is 4.77. The van der Waals surface area contributed by atoms with Crippen molar-refractivity contribution in [3.05, 3.63) is 57.1 Å². The molecule has 41 heavy (non-hydrogen) atoms. The molecule has 0 saturated heterocycles. The summed E-state index contributed by atoms with van der Waals surface area (Å²) < 4.78 is 0. The molecule has 0 bridgehead atoms. The number of aliphatic hydroxyl groups is 3. The predicted molar refractivity (Wildman–Crippen MR) is 154 cm³/mol. The Labute approximate surface area is 239 Å². The van der Waals surface area contributed by atoms with Crippen molar-refractivity contribution in [3.63, 3.8) is 0 Å². The molecule has 3 aliphatic carbocycles. The molecule has 4 rings (SSSR count). The van der Waals surface area contributed by atoms with E-state index in [0.717, 1.165) is 6.54 Å². The van der Waals surface area contributed by atoms with Gasteiger partial charge in [0.25, 0.3) is 5.91 Å². The number of Topliss-reactive ketones (excluding diaryl/α,β-unsaturated/α-hetero) is 2. The number of allylic oxidation sites excluding steroid dienone is 2. The smallest absolute Gasteiger partial charge is 0.255 e. The van der Waals surface area contributed by atoms with Crippen LogP contribution in [0, 0.1) is 11.8 Å². The van der Waals surface area contributed by atoms with Gasteiger partial charge in [-0.05, 0) is 76.4 Å². The number of hydrogen-bond donors (Lipinski definition) is 7. The number of nitrogens with zero attached hydrogens (tertiary/aromatic N) is 1. The summed E-state index contributed by atoms with van der Waals surface area (Å²) in [5.41, 5.74) is 4.62. The molecule has 0 fully saturated rings. The van der Waals surface area contributed by atoms with Crippen molar-refractivity contribution in [3.8, 4) is 5.75 Å². The average Bonchev–Trinajstić information content (AvgIpc) is 2.89. The van der Waals surface area contributed by atoms with Crippen LogP contribution in [0.2, 0.25) is 0 Å². The first-order chi connectivity index (χ1) is 19.2. The van der Waals surface area contributed by atoms with Gasteiger partial charge in [-0.15, -0.1) is 0 Å². The third-order valence-corrected chi connectivity index (χ3v) is 8.73. The van der Waals surface area contributed by atoms with Crippen molar-refractivity contribution in [1.82, 2.24) is 10.2 Å². The Kier molecular flexibility index (Phi) is 8.10. The first kappa shape index (κ1) is 30.3. The lowest BCUT2D eigenvalue weighted by Gasteiger charge is -2.48. The normalized spacial score (nSPS) is 27.0. The highest BCUT2D eigenvalue weighted by Crippen LogP contribution is 2.53. The molecule has 0 saturated carbocycles. The van der Waals surface area contributed by atoms with Gasteiger partial charge in [-0.3, -0.25) is 14.4 Å². The van der Waals surface area contributed by atoms with Crippen LogP contribution in [0.15, 0.2) is 40.4 Å². The highest BCUT2D eigenvalue weighted by molar-refractivity contribution is 6.24. The van der Waals surface area contributed by atoms with E-state index in [9.17, 15) is 34.8 Å². The zero-order valence-corrected chi connectivity index (χ0v) is 24.3. The zero-order chi connectivity index (χ0) is 30.5. The van der Waals surface area contributed by atoms with Gasteiger partial charge in [-0.2, -0.15) is 0 Å². The van der Waals surface area contributed by atoms with Gasteiger partial charge in [-0.1, -0.05) is 18.6 Å². The molecular weight excluding hydrogens is 528 g/mol. The Bertz CT molecular complexity index is 1410. The van der Waals surface area contributed by atoms with E-state index in [0.29, 0.717) is 23.2 Å². The molecule has 222 valence electrons. The van der Waals surface area contributed by atoms with Gasteiger partial charge >= 0.3 is 0 Å². The number of nitrogens with two attached hydrogens (primary N) is 1. The van der Waals surface area contributed by atoms with Gasteiger partial charge in [-0.25, -0.2) is 0 Å². The summed E-state index contributed by atoms with van der Waals surface area (Å²) in [7, 11) is 7.16. The molecule has 0 spiro atoms. The Hall–Kier alpha value is -3.67. The number of aliphatic hydroxyl groups excluding tert-OH is 2. The minimum atomic E-state index is -2.66. The summed E-state index contributed by atoms with van der Waals surface area (Å²) >= 11 is 0. The number of nitrogens with one attached hydrogen (secondary N) is 2. The Balaban J connectivity index is 1.84. The number of likely N-dealkylation sites (N-methyl/N-ethyl adjacent to an activating group) is 2. The van der Waals surface area contributed by atoms with Crippen molar-refractivity contribution in [2.45, 2.75) is 50.7 Å². The summed E-state index contributed by atoms with van der Waals surface area (Å²) in [6, 6.07) is 0.758. The van der Waals surface area contributed by atoms with Crippen LogP contribution in [0.25, 0.3) is 0 Å². The van der Waals surface area contributed by atoms with Crippen LogP contribution >= 0.6 is 0 Å². The molecule has 8 N–H and O–H groups in total. The molecule has 3 aliphatic rings. The molecule has 0 aliphatic heterocycles. The number of phenols is 1. The molecule has 1 amide bonds. The minimum absolute atomic E-state index is 0.00878. The van der Waals surface area contributed by atoms with Crippen LogP contribution in [-0.4, -0.2) is 89.2 Å². The van der Waals surface area contributed by atoms with Gasteiger partial charge < -0.3 is 41.7 Å². The number of amides is 1. The van der Waals surface area contributed by atoms with Crippen molar-refractivity contribution < 1.29 is 34.8 Å². The van der Waals surface area contributed by atoms with E-state index < -0.39 is 58.0 Å². The van der Waals surface area contributed by atoms with Gasteiger partial charge in [0.2, 0.25) is 5.78 Å². The van der Waals surface area contributed by atoms with Crippen molar-refractivity contribution in [1.29, 1.82) is 0 Å².